The van der Waals surface area contributed by atoms with Gasteiger partial charge in [0.1, 0.15) is 0 Å². The van der Waals surface area contributed by atoms with Gasteiger partial charge in [-0.05, 0) is 88.4 Å². The summed E-state index contributed by atoms with van der Waals surface area (Å²) in [5.74, 6) is 3.03. The van der Waals surface area contributed by atoms with E-state index in [2.05, 4.69) is 26.5 Å². The van der Waals surface area contributed by atoms with Crippen LogP contribution in [-0.4, -0.2) is 10.7 Å². The fourth-order valence-corrected chi connectivity index (χ4v) is 7.11. The number of hydrogen-bond acceptors (Lipinski definition) is 1. The number of aliphatic hydroxyl groups is 1. The summed E-state index contributed by atoms with van der Waals surface area (Å²) < 4.78 is 0. The third kappa shape index (κ3) is 2.45. The van der Waals surface area contributed by atoms with Gasteiger partial charge in [0.15, 0.2) is 0 Å². The largest absolute Gasteiger partial charge is 0.390 e. The third-order valence-corrected chi connectivity index (χ3v) is 8.15. The van der Waals surface area contributed by atoms with Crippen LogP contribution >= 0.6 is 0 Å². The Labute approximate surface area is 149 Å². The first-order chi connectivity index (χ1) is 11.5. The highest BCUT2D eigenvalue weighted by Gasteiger charge is 2.62. The van der Waals surface area contributed by atoms with Crippen LogP contribution in [0.5, 0.6) is 0 Å². The van der Waals surface area contributed by atoms with Crippen molar-refractivity contribution >= 4 is 0 Å². The molecule has 0 aromatic heterocycles. The Morgan fingerprint density at radius 1 is 1.25 bits per heavy atom. The van der Waals surface area contributed by atoms with E-state index in [1.165, 1.54) is 44.1 Å². The second kappa shape index (κ2) is 6.63. The first kappa shape index (κ1) is 18.2. The van der Waals surface area contributed by atoms with Crippen molar-refractivity contribution in [3.05, 3.63) is 23.8 Å². The van der Waals surface area contributed by atoms with Gasteiger partial charge in [-0.25, -0.2) is 0 Å². The summed E-state index contributed by atoms with van der Waals surface area (Å²) in [4.78, 5) is 0. The Bertz CT molecular complexity index is 514. The van der Waals surface area contributed by atoms with Crippen molar-refractivity contribution in [1.29, 1.82) is 0 Å². The minimum absolute atomic E-state index is 0.112. The molecular weight excluding hydrogens is 292 g/mol. The molecule has 6 atom stereocenters. The van der Waals surface area contributed by atoms with E-state index < -0.39 is 5.60 Å². The predicted octanol–water partition coefficient (Wildman–Crippen LogP) is 6.28. The first-order valence-electron chi connectivity index (χ1n) is 10.6. The SMILES string of the molecule is C=C1CC2(CC)[C@@H](CC[C@]2(C)O)C2CCC3=CCCCC3[C@@H]12.CC. The smallest absolute Gasteiger partial charge is 0.0681 e. The van der Waals surface area contributed by atoms with Gasteiger partial charge in [-0.2, -0.15) is 0 Å². The van der Waals surface area contributed by atoms with Gasteiger partial charge in [-0.3, -0.25) is 0 Å². The summed E-state index contributed by atoms with van der Waals surface area (Å²) in [6.07, 6.45) is 13.7. The first-order valence-corrected chi connectivity index (χ1v) is 10.6. The van der Waals surface area contributed by atoms with Crippen LogP contribution in [-0.2, 0) is 0 Å². The normalized spacial score (nSPS) is 46.9. The van der Waals surface area contributed by atoms with Crippen LogP contribution in [0, 0.1) is 29.1 Å². The van der Waals surface area contributed by atoms with Crippen LogP contribution in [0.1, 0.15) is 85.5 Å². The Morgan fingerprint density at radius 3 is 2.71 bits per heavy atom. The molecule has 4 aliphatic rings. The summed E-state index contributed by atoms with van der Waals surface area (Å²) in [5.41, 5.74) is 2.86. The molecule has 4 rings (SSSR count). The standard InChI is InChI=1S/C21H32O.C2H6/c1-4-21-13-14(2)19-16-8-6-5-7-15(16)9-10-17(19)18(21)11-12-20(21,3)22;1-2/h7,16-19,22H,2,4-6,8-13H2,1,3H3;1-2H3/t16?,17?,18-,19+,20-,21?;/m0./s1. The Kier molecular flexibility index (Phi) is 5.04. The lowest BCUT2D eigenvalue weighted by Crippen LogP contribution is -2.53. The number of hydrogen-bond donors (Lipinski definition) is 1. The van der Waals surface area contributed by atoms with Crippen LogP contribution in [0.2, 0.25) is 0 Å². The molecule has 0 aromatic carbocycles. The second-order valence-corrected chi connectivity index (χ2v) is 8.81. The lowest BCUT2D eigenvalue weighted by molar-refractivity contribution is -0.102. The molecule has 1 nitrogen and oxygen atoms in total. The van der Waals surface area contributed by atoms with Crippen LogP contribution in [0.4, 0.5) is 0 Å². The molecule has 1 N–H and O–H groups in total. The van der Waals surface area contributed by atoms with E-state index >= 15 is 0 Å². The Morgan fingerprint density at radius 2 is 2.00 bits per heavy atom. The molecule has 0 amide bonds. The van der Waals surface area contributed by atoms with Gasteiger partial charge >= 0.3 is 0 Å². The minimum atomic E-state index is -0.483. The number of fused-ring (bicyclic) bond motifs is 5. The maximum atomic E-state index is 11.1. The van der Waals surface area contributed by atoms with Gasteiger partial charge < -0.3 is 5.11 Å². The average molecular weight is 331 g/mol. The van der Waals surface area contributed by atoms with Crippen molar-refractivity contribution in [2.45, 2.75) is 91.1 Å². The quantitative estimate of drug-likeness (QED) is 0.561. The fraction of sp³-hybridized carbons (Fsp3) is 0.826. The van der Waals surface area contributed by atoms with Crippen LogP contribution < -0.4 is 0 Å². The second-order valence-electron chi connectivity index (χ2n) is 8.81. The lowest BCUT2D eigenvalue weighted by atomic mass is 9.48. The molecule has 4 aliphatic carbocycles. The monoisotopic (exact) mass is 330 g/mol. The number of rotatable bonds is 1. The summed E-state index contributed by atoms with van der Waals surface area (Å²) in [6.45, 7) is 13.0. The van der Waals surface area contributed by atoms with Crippen molar-refractivity contribution in [2.24, 2.45) is 29.1 Å². The zero-order chi connectivity index (χ0) is 17.5. The highest BCUT2D eigenvalue weighted by molar-refractivity contribution is 5.28. The van der Waals surface area contributed by atoms with Crippen molar-refractivity contribution in [3.63, 3.8) is 0 Å². The van der Waals surface area contributed by atoms with Gasteiger partial charge in [-0.1, -0.05) is 44.6 Å². The summed E-state index contributed by atoms with van der Waals surface area (Å²) in [6, 6.07) is 0. The van der Waals surface area contributed by atoms with E-state index in [-0.39, 0.29) is 5.41 Å². The molecule has 24 heavy (non-hydrogen) atoms. The van der Waals surface area contributed by atoms with E-state index in [1.54, 1.807) is 5.57 Å². The molecule has 3 fully saturated rings. The minimum Gasteiger partial charge on any atom is -0.390 e. The summed E-state index contributed by atoms with van der Waals surface area (Å²) in [7, 11) is 0. The molecule has 0 aromatic rings. The van der Waals surface area contributed by atoms with Gasteiger partial charge in [0.25, 0.3) is 0 Å². The van der Waals surface area contributed by atoms with Gasteiger partial charge in [0.05, 0.1) is 5.60 Å². The number of allylic oxidation sites excluding steroid dienone is 3. The van der Waals surface area contributed by atoms with Gasteiger partial charge in [0, 0.05) is 5.41 Å². The molecule has 0 spiro atoms. The average Bonchev–Trinajstić information content (AvgIpc) is 2.87. The third-order valence-electron chi connectivity index (χ3n) is 8.15. The molecule has 0 saturated heterocycles. The molecule has 0 bridgehead atoms. The van der Waals surface area contributed by atoms with Crippen molar-refractivity contribution < 1.29 is 5.11 Å². The van der Waals surface area contributed by atoms with Crippen LogP contribution in [0.25, 0.3) is 0 Å². The van der Waals surface area contributed by atoms with Gasteiger partial charge in [0.2, 0.25) is 0 Å². The zero-order valence-corrected chi connectivity index (χ0v) is 16.4. The molecule has 0 heterocycles. The molecule has 3 unspecified atom stereocenters. The molecule has 3 saturated carbocycles. The zero-order valence-electron chi connectivity index (χ0n) is 16.4. The van der Waals surface area contributed by atoms with E-state index in [0.717, 1.165) is 42.9 Å². The maximum Gasteiger partial charge on any atom is 0.0681 e. The van der Waals surface area contributed by atoms with Gasteiger partial charge in [-0.15, -0.1) is 0 Å². The summed E-state index contributed by atoms with van der Waals surface area (Å²) in [5, 5.41) is 11.1. The van der Waals surface area contributed by atoms with Crippen LogP contribution in [0.3, 0.4) is 0 Å². The lowest BCUT2D eigenvalue weighted by Gasteiger charge is -2.57. The fourth-order valence-electron chi connectivity index (χ4n) is 7.11. The molecule has 0 radical (unpaired) electrons. The van der Waals surface area contributed by atoms with E-state index in [4.69, 9.17) is 0 Å². The molecule has 0 aliphatic heterocycles. The Hall–Kier alpha value is -0.560. The maximum absolute atomic E-state index is 11.1. The van der Waals surface area contributed by atoms with Crippen LogP contribution in [0.15, 0.2) is 23.8 Å². The Balaban J connectivity index is 0.000000815. The van der Waals surface area contributed by atoms with E-state index in [9.17, 15) is 5.11 Å². The van der Waals surface area contributed by atoms with Crippen molar-refractivity contribution in [3.8, 4) is 0 Å². The highest BCUT2D eigenvalue weighted by atomic mass is 16.3. The van der Waals surface area contributed by atoms with E-state index in [0.29, 0.717) is 0 Å². The predicted molar refractivity (Wildman–Crippen MR) is 103 cm³/mol. The molecule has 136 valence electrons. The van der Waals surface area contributed by atoms with Crippen molar-refractivity contribution in [2.75, 3.05) is 0 Å². The molecule has 1 heteroatoms. The highest BCUT2D eigenvalue weighted by Crippen LogP contribution is 2.67. The molecular formula is C23H38O. The van der Waals surface area contributed by atoms with E-state index in [1.807, 2.05) is 13.8 Å². The topological polar surface area (TPSA) is 20.2 Å². The summed E-state index contributed by atoms with van der Waals surface area (Å²) >= 11 is 0. The van der Waals surface area contributed by atoms with Crippen molar-refractivity contribution in [1.82, 2.24) is 0 Å².